The molecule has 0 saturated carbocycles. The van der Waals surface area contributed by atoms with E-state index in [9.17, 15) is 14.4 Å². The first-order chi connectivity index (χ1) is 16.5. The van der Waals surface area contributed by atoms with Gasteiger partial charge in [0.2, 0.25) is 5.91 Å². The maximum atomic E-state index is 13.0. The van der Waals surface area contributed by atoms with Crippen molar-refractivity contribution in [1.82, 2.24) is 10.2 Å². The Labute approximate surface area is 214 Å². The molecule has 0 atom stereocenters. The molecule has 1 fully saturated rings. The summed E-state index contributed by atoms with van der Waals surface area (Å²) in [6, 6.07) is 10.6. The number of benzene rings is 2. The average molecular weight is 537 g/mol. The molecule has 2 aromatic rings. The summed E-state index contributed by atoms with van der Waals surface area (Å²) in [5.41, 5.74) is 5.91. The van der Waals surface area contributed by atoms with Gasteiger partial charge in [0, 0.05) is 28.0 Å². The van der Waals surface area contributed by atoms with Crippen molar-refractivity contribution >= 4 is 56.8 Å². The number of fused-ring (bicyclic) bond motifs is 1. The highest BCUT2D eigenvalue weighted by Gasteiger charge is 2.35. The molecule has 2 aromatic carbocycles. The first-order valence-electron chi connectivity index (χ1n) is 11.5. The lowest BCUT2D eigenvalue weighted by molar-refractivity contribution is -0.127. The van der Waals surface area contributed by atoms with Gasteiger partial charge in [-0.3, -0.25) is 9.59 Å². The Balaban J connectivity index is 1.56. The third-order valence-corrected chi connectivity index (χ3v) is 6.90. The van der Waals surface area contributed by atoms with Crippen LogP contribution in [0.5, 0.6) is 0 Å². The third kappa shape index (κ3) is 4.89. The molecule has 0 unspecified atom stereocenters. The molecule has 2 heterocycles. The Kier molecular flexibility index (Phi) is 6.60. The van der Waals surface area contributed by atoms with E-state index >= 15 is 0 Å². The van der Waals surface area contributed by atoms with E-state index in [1.165, 1.54) is 5.57 Å². The second-order valence-electron chi connectivity index (χ2n) is 9.39. The molecule has 2 N–H and O–H groups in total. The molecule has 0 bridgehead atoms. The number of urea groups is 1. The van der Waals surface area contributed by atoms with Crippen LogP contribution in [0.3, 0.4) is 0 Å². The highest BCUT2D eigenvalue weighted by Crippen LogP contribution is 2.40. The van der Waals surface area contributed by atoms with Crippen LogP contribution in [-0.2, 0) is 9.59 Å². The predicted molar refractivity (Wildman–Crippen MR) is 143 cm³/mol. The quantitative estimate of drug-likeness (QED) is 0.400. The number of nitrogens with one attached hydrogen (secondary N) is 2. The molecular formula is C27H29BrN4O3. The molecule has 2 aliphatic rings. The Morgan fingerprint density at radius 3 is 2.49 bits per heavy atom. The van der Waals surface area contributed by atoms with Crippen LogP contribution >= 0.6 is 15.9 Å². The molecule has 7 nitrogen and oxygen atoms in total. The van der Waals surface area contributed by atoms with E-state index < -0.39 is 17.8 Å². The number of halogens is 1. The van der Waals surface area contributed by atoms with E-state index in [4.69, 9.17) is 0 Å². The molecule has 1 saturated heterocycles. The highest BCUT2D eigenvalue weighted by molar-refractivity contribution is 9.10. The summed E-state index contributed by atoms with van der Waals surface area (Å²) < 4.78 is 0.883. The third-order valence-electron chi connectivity index (χ3n) is 6.37. The van der Waals surface area contributed by atoms with Gasteiger partial charge in [-0.2, -0.15) is 0 Å². The standard InChI is InChI=1S/C27H29BrN4O3/c1-6-32-23-11-16(2)18(12-21(23)17(3)14-27(32,4)5)13-22-25(34)31(26(35)30-22)15-24(33)29-20-9-7-19(28)8-10-20/h7-14H,6,15H2,1-5H3,(H,29,33)(H,30,35)/b22-13+. The molecule has 35 heavy (non-hydrogen) atoms. The summed E-state index contributed by atoms with van der Waals surface area (Å²) in [6.45, 7) is 11.1. The molecule has 4 rings (SSSR count). The largest absolute Gasteiger partial charge is 0.363 e. The minimum absolute atomic E-state index is 0.0923. The number of carbonyl (C=O) groups is 3. The van der Waals surface area contributed by atoms with Crippen LogP contribution in [0, 0.1) is 6.92 Å². The number of amides is 4. The number of allylic oxidation sites excluding steroid dienone is 1. The van der Waals surface area contributed by atoms with Crippen LogP contribution in [0.2, 0.25) is 0 Å². The maximum Gasteiger partial charge on any atom is 0.329 e. The van der Waals surface area contributed by atoms with Gasteiger partial charge in [-0.1, -0.05) is 22.0 Å². The number of hydrogen-bond donors (Lipinski definition) is 2. The topological polar surface area (TPSA) is 81.8 Å². The fraction of sp³-hybridized carbons (Fsp3) is 0.296. The fourth-order valence-corrected chi connectivity index (χ4v) is 4.99. The second-order valence-corrected chi connectivity index (χ2v) is 10.3. The minimum Gasteiger partial charge on any atom is -0.363 e. The SMILES string of the molecule is CCN1c2cc(C)c(/C=C3/NC(=O)N(CC(=O)Nc4ccc(Br)cc4)C3=O)cc2C(C)=CC1(C)C. The van der Waals surface area contributed by atoms with Crippen molar-refractivity contribution < 1.29 is 14.4 Å². The Hall–Kier alpha value is -3.39. The monoisotopic (exact) mass is 536 g/mol. The van der Waals surface area contributed by atoms with Gasteiger partial charge < -0.3 is 15.5 Å². The number of rotatable bonds is 5. The number of nitrogens with zero attached hydrogens (tertiary/aromatic N) is 2. The lowest BCUT2D eigenvalue weighted by Gasteiger charge is -2.43. The molecule has 0 aromatic heterocycles. The van der Waals surface area contributed by atoms with E-state index in [1.54, 1.807) is 30.3 Å². The van der Waals surface area contributed by atoms with Gasteiger partial charge in [-0.15, -0.1) is 0 Å². The number of carbonyl (C=O) groups excluding carboxylic acids is 3. The van der Waals surface area contributed by atoms with Crippen LogP contribution < -0.4 is 15.5 Å². The van der Waals surface area contributed by atoms with Gasteiger partial charge in [-0.05, 0) is 93.8 Å². The zero-order chi connectivity index (χ0) is 25.5. The van der Waals surface area contributed by atoms with E-state index in [1.807, 2.05) is 6.92 Å². The van der Waals surface area contributed by atoms with E-state index in [0.29, 0.717) is 5.69 Å². The lowest BCUT2D eigenvalue weighted by Crippen LogP contribution is -2.44. The van der Waals surface area contributed by atoms with Gasteiger partial charge >= 0.3 is 6.03 Å². The van der Waals surface area contributed by atoms with Crippen molar-refractivity contribution in [1.29, 1.82) is 0 Å². The maximum absolute atomic E-state index is 13.0. The zero-order valence-corrected chi connectivity index (χ0v) is 22.1. The average Bonchev–Trinajstić information content (AvgIpc) is 3.03. The predicted octanol–water partition coefficient (Wildman–Crippen LogP) is 5.31. The van der Waals surface area contributed by atoms with Gasteiger partial charge in [0.1, 0.15) is 12.2 Å². The highest BCUT2D eigenvalue weighted by atomic mass is 79.9. The Morgan fingerprint density at radius 2 is 1.83 bits per heavy atom. The smallest absolute Gasteiger partial charge is 0.329 e. The normalized spacial score (nSPS) is 17.9. The molecule has 0 aliphatic carbocycles. The van der Waals surface area contributed by atoms with Crippen molar-refractivity contribution in [2.75, 3.05) is 23.3 Å². The molecule has 182 valence electrons. The molecule has 4 amide bonds. The summed E-state index contributed by atoms with van der Waals surface area (Å²) in [7, 11) is 0. The molecule has 2 aliphatic heterocycles. The summed E-state index contributed by atoms with van der Waals surface area (Å²) in [6.07, 6.45) is 3.94. The van der Waals surface area contributed by atoms with Crippen molar-refractivity contribution in [2.24, 2.45) is 0 Å². The van der Waals surface area contributed by atoms with Crippen molar-refractivity contribution in [3.63, 3.8) is 0 Å². The number of hydrogen-bond acceptors (Lipinski definition) is 4. The minimum atomic E-state index is -0.613. The lowest BCUT2D eigenvalue weighted by atomic mass is 9.87. The van der Waals surface area contributed by atoms with Crippen molar-refractivity contribution in [2.45, 2.75) is 40.2 Å². The zero-order valence-electron chi connectivity index (χ0n) is 20.5. The molecular weight excluding hydrogens is 508 g/mol. The van der Waals surface area contributed by atoms with E-state index in [0.717, 1.165) is 38.3 Å². The van der Waals surface area contributed by atoms with Gasteiger partial charge in [0.25, 0.3) is 5.91 Å². The van der Waals surface area contributed by atoms with Crippen LogP contribution in [0.15, 0.2) is 52.6 Å². The summed E-state index contributed by atoms with van der Waals surface area (Å²) in [5, 5.41) is 5.32. The fourth-order valence-electron chi connectivity index (χ4n) is 4.73. The molecule has 8 heteroatoms. The number of anilines is 2. The second kappa shape index (κ2) is 9.34. The van der Waals surface area contributed by atoms with Crippen LogP contribution in [-0.4, -0.2) is 41.4 Å². The van der Waals surface area contributed by atoms with E-state index in [2.05, 4.69) is 77.4 Å². The summed E-state index contributed by atoms with van der Waals surface area (Å²) >= 11 is 3.34. The van der Waals surface area contributed by atoms with Gasteiger partial charge in [0.15, 0.2) is 0 Å². The Bertz CT molecular complexity index is 1280. The van der Waals surface area contributed by atoms with E-state index in [-0.39, 0.29) is 17.8 Å². The number of aryl methyl sites for hydroxylation is 1. The van der Waals surface area contributed by atoms with Gasteiger partial charge in [-0.25, -0.2) is 9.69 Å². The van der Waals surface area contributed by atoms with Crippen LogP contribution in [0.4, 0.5) is 16.2 Å². The first-order valence-corrected chi connectivity index (χ1v) is 12.3. The van der Waals surface area contributed by atoms with Crippen LogP contribution in [0.1, 0.15) is 44.4 Å². The van der Waals surface area contributed by atoms with Crippen molar-refractivity contribution in [3.05, 3.63) is 69.3 Å². The summed E-state index contributed by atoms with van der Waals surface area (Å²) in [5.74, 6) is -0.980. The first kappa shape index (κ1) is 24.7. The van der Waals surface area contributed by atoms with Crippen LogP contribution in [0.25, 0.3) is 11.6 Å². The number of likely N-dealkylation sites (N-methyl/N-ethyl adjacent to an activating group) is 1. The van der Waals surface area contributed by atoms with Crippen molar-refractivity contribution in [3.8, 4) is 0 Å². The Morgan fingerprint density at radius 1 is 1.14 bits per heavy atom. The van der Waals surface area contributed by atoms with Gasteiger partial charge in [0.05, 0.1) is 5.54 Å². The summed E-state index contributed by atoms with van der Waals surface area (Å²) in [4.78, 5) is 41.2. The molecule has 0 radical (unpaired) electrons. The number of imide groups is 1. The molecule has 0 spiro atoms.